The van der Waals surface area contributed by atoms with Gasteiger partial charge in [0, 0.05) is 40.2 Å². The molecule has 6 rings (SSSR count). The van der Waals surface area contributed by atoms with Crippen molar-refractivity contribution >= 4 is 38.8 Å². The number of carbonyl (C=O) groups is 1. The molecule has 1 amide bonds. The number of nitrogens with one attached hydrogen (secondary N) is 1. The normalized spacial score (nSPS) is 11.0. The van der Waals surface area contributed by atoms with E-state index in [-0.39, 0.29) is 5.91 Å². The standard InChI is InChI=1S/C31H23BrN6O/c32-26-11-5-4-9-24(26)22-17-27-30(35-19-22)38(29(37-27)25-10-6-16-34-28(25)33)23-14-12-20(13-15-23)18-36-31(39)21-7-2-1-3-8-21/h1-17,19H,18H2,(H2,33,34)(H,36,39). The summed E-state index contributed by atoms with van der Waals surface area (Å²) in [4.78, 5) is 26.5. The highest BCUT2D eigenvalue weighted by atomic mass is 79.9. The number of nitrogens with zero attached hydrogens (tertiary/aromatic N) is 4. The highest BCUT2D eigenvalue weighted by Gasteiger charge is 2.19. The van der Waals surface area contributed by atoms with E-state index in [1.807, 2.05) is 95.7 Å². The van der Waals surface area contributed by atoms with Gasteiger partial charge in [0.05, 0.1) is 5.56 Å². The third-order valence-electron chi connectivity index (χ3n) is 6.45. The van der Waals surface area contributed by atoms with Gasteiger partial charge in [-0.05, 0) is 59.7 Å². The van der Waals surface area contributed by atoms with E-state index in [1.54, 1.807) is 18.3 Å². The second-order valence-corrected chi connectivity index (χ2v) is 9.82. The van der Waals surface area contributed by atoms with Gasteiger partial charge in [0.15, 0.2) is 11.5 Å². The Morgan fingerprint density at radius 3 is 2.38 bits per heavy atom. The molecule has 0 aliphatic rings. The predicted octanol–water partition coefficient (Wildman–Crippen LogP) is 6.42. The molecule has 190 valence electrons. The molecule has 0 spiro atoms. The maximum atomic E-state index is 12.5. The van der Waals surface area contributed by atoms with Gasteiger partial charge in [-0.2, -0.15) is 0 Å². The van der Waals surface area contributed by atoms with E-state index >= 15 is 0 Å². The first-order chi connectivity index (χ1) is 19.1. The van der Waals surface area contributed by atoms with Crippen LogP contribution in [0.15, 0.2) is 114 Å². The number of nitrogen functional groups attached to an aromatic ring is 1. The lowest BCUT2D eigenvalue weighted by atomic mass is 10.1. The molecule has 3 heterocycles. The molecule has 0 radical (unpaired) electrons. The first-order valence-corrected chi connectivity index (χ1v) is 13.1. The summed E-state index contributed by atoms with van der Waals surface area (Å²) in [5.74, 6) is 0.928. The number of amides is 1. The highest BCUT2D eigenvalue weighted by molar-refractivity contribution is 9.10. The number of fused-ring (bicyclic) bond motifs is 1. The zero-order valence-electron chi connectivity index (χ0n) is 20.8. The van der Waals surface area contributed by atoms with Crippen molar-refractivity contribution in [2.45, 2.75) is 6.54 Å². The van der Waals surface area contributed by atoms with Gasteiger partial charge in [-0.15, -0.1) is 0 Å². The minimum Gasteiger partial charge on any atom is -0.383 e. The number of nitrogens with two attached hydrogens (primary N) is 1. The van der Waals surface area contributed by atoms with E-state index in [0.717, 1.165) is 37.9 Å². The number of imidazole rings is 1. The van der Waals surface area contributed by atoms with Gasteiger partial charge in [0.2, 0.25) is 0 Å². The second-order valence-electron chi connectivity index (χ2n) is 8.97. The summed E-state index contributed by atoms with van der Waals surface area (Å²) in [5.41, 5.74) is 12.9. The molecule has 3 aromatic heterocycles. The zero-order valence-corrected chi connectivity index (χ0v) is 22.3. The number of carbonyl (C=O) groups excluding carboxylic acids is 1. The van der Waals surface area contributed by atoms with Crippen molar-refractivity contribution in [1.29, 1.82) is 0 Å². The summed E-state index contributed by atoms with van der Waals surface area (Å²) in [5, 5.41) is 2.97. The van der Waals surface area contributed by atoms with Crippen molar-refractivity contribution < 1.29 is 4.79 Å². The van der Waals surface area contributed by atoms with Crippen LogP contribution in [0, 0.1) is 0 Å². The lowest BCUT2D eigenvalue weighted by Crippen LogP contribution is -2.22. The molecule has 8 heteroatoms. The number of hydrogen-bond acceptors (Lipinski definition) is 5. The van der Waals surface area contributed by atoms with Crippen LogP contribution < -0.4 is 11.1 Å². The number of rotatable bonds is 6. The minimum absolute atomic E-state index is 0.111. The van der Waals surface area contributed by atoms with Crippen molar-refractivity contribution in [2.75, 3.05) is 5.73 Å². The first-order valence-electron chi connectivity index (χ1n) is 12.4. The van der Waals surface area contributed by atoms with Gasteiger partial charge in [-0.3, -0.25) is 9.36 Å². The maximum Gasteiger partial charge on any atom is 0.251 e. The zero-order chi connectivity index (χ0) is 26.8. The van der Waals surface area contributed by atoms with Crippen LogP contribution >= 0.6 is 15.9 Å². The molecule has 39 heavy (non-hydrogen) atoms. The molecule has 0 aliphatic carbocycles. The van der Waals surface area contributed by atoms with Crippen molar-refractivity contribution in [3.05, 3.63) is 125 Å². The summed E-state index contributed by atoms with van der Waals surface area (Å²) in [6.45, 7) is 0.411. The highest BCUT2D eigenvalue weighted by Crippen LogP contribution is 2.33. The Morgan fingerprint density at radius 1 is 0.872 bits per heavy atom. The van der Waals surface area contributed by atoms with Gasteiger partial charge in [-0.1, -0.05) is 64.5 Å². The number of aromatic nitrogens is 4. The smallest absolute Gasteiger partial charge is 0.251 e. The van der Waals surface area contributed by atoms with Crippen LogP contribution in [-0.4, -0.2) is 25.4 Å². The molecule has 7 nitrogen and oxygen atoms in total. The molecule has 0 bridgehead atoms. The largest absolute Gasteiger partial charge is 0.383 e. The molecule has 0 unspecified atom stereocenters. The molecule has 0 atom stereocenters. The molecular weight excluding hydrogens is 552 g/mol. The van der Waals surface area contributed by atoms with Crippen molar-refractivity contribution in [1.82, 2.24) is 24.8 Å². The number of benzene rings is 3. The fraction of sp³-hybridized carbons (Fsp3) is 0.0323. The van der Waals surface area contributed by atoms with Gasteiger partial charge in [0.1, 0.15) is 11.3 Å². The molecule has 0 saturated carbocycles. The Labute approximate surface area is 233 Å². The van der Waals surface area contributed by atoms with E-state index in [4.69, 9.17) is 15.7 Å². The fourth-order valence-corrected chi connectivity index (χ4v) is 4.99. The first kappa shape index (κ1) is 24.5. The van der Waals surface area contributed by atoms with Crippen LogP contribution in [0.1, 0.15) is 15.9 Å². The van der Waals surface area contributed by atoms with Crippen molar-refractivity contribution in [2.24, 2.45) is 0 Å². The van der Waals surface area contributed by atoms with Crippen LogP contribution in [0.25, 0.3) is 39.4 Å². The number of pyridine rings is 2. The number of halogens is 1. The van der Waals surface area contributed by atoms with Crippen molar-refractivity contribution in [3.8, 4) is 28.2 Å². The predicted molar refractivity (Wildman–Crippen MR) is 157 cm³/mol. The Bertz CT molecular complexity index is 1800. The third-order valence-corrected chi connectivity index (χ3v) is 7.14. The van der Waals surface area contributed by atoms with E-state index in [2.05, 4.69) is 26.2 Å². The summed E-state index contributed by atoms with van der Waals surface area (Å²) >= 11 is 3.64. The quantitative estimate of drug-likeness (QED) is 0.239. The average Bonchev–Trinajstić information content (AvgIpc) is 3.35. The molecule has 3 aromatic carbocycles. The molecule has 3 N–H and O–H groups in total. The molecule has 0 fully saturated rings. The summed E-state index contributed by atoms with van der Waals surface area (Å²) in [6, 6.07) is 30.9. The van der Waals surface area contributed by atoms with Crippen LogP contribution in [-0.2, 0) is 6.54 Å². The van der Waals surface area contributed by atoms with Gasteiger partial charge < -0.3 is 11.1 Å². The van der Waals surface area contributed by atoms with Crippen LogP contribution in [0.5, 0.6) is 0 Å². The lowest BCUT2D eigenvalue weighted by Gasteiger charge is -2.11. The van der Waals surface area contributed by atoms with Gasteiger partial charge in [0.25, 0.3) is 5.91 Å². The average molecular weight is 575 g/mol. The van der Waals surface area contributed by atoms with Gasteiger partial charge >= 0.3 is 0 Å². The van der Waals surface area contributed by atoms with Crippen LogP contribution in [0.4, 0.5) is 5.82 Å². The minimum atomic E-state index is -0.111. The third kappa shape index (κ3) is 4.89. The lowest BCUT2D eigenvalue weighted by molar-refractivity contribution is 0.0951. The Morgan fingerprint density at radius 2 is 1.62 bits per heavy atom. The SMILES string of the molecule is Nc1ncccc1-c1nc2cc(-c3ccccc3Br)cnc2n1-c1ccc(CNC(=O)c2ccccc2)cc1. The second kappa shape index (κ2) is 10.5. The summed E-state index contributed by atoms with van der Waals surface area (Å²) < 4.78 is 2.97. The molecular formula is C31H23BrN6O. The molecule has 0 aliphatic heterocycles. The fourth-order valence-electron chi connectivity index (χ4n) is 4.48. The van der Waals surface area contributed by atoms with Gasteiger partial charge in [-0.25, -0.2) is 15.0 Å². The molecule has 0 saturated heterocycles. The Kier molecular flexibility index (Phi) is 6.61. The number of hydrogen-bond donors (Lipinski definition) is 2. The maximum absolute atomic E-state index is 12.5. The number of anilines is 1. The van der Waals surface area contributed by atoms with E-state index < -0.39 is 0 Å². The monoisotopic (exact) mass is 574 g/mol. The summed E-state index contributed by atoms with van der Waals surface area (Å²) in [7, 11) is 0. The Balaban J connectivity index is 1.38. The topological polar surface area (TPSA) is 98.7 Å². The van der Waals surface area contributed by atoms with Crippen LogP contribution in [0.3, 0.4) is 0 Å². The van der Waals surface area contributed by atoms with E-state index in [9.17, 15) is 4.79 Å². The summed E-state index contributed by atoms with van der Waals surface area (Å²) in [6.07, 6.45) is 3.51. The van der Waals surface area contributed by atoms with Crippen LogP contribution in [0.2, 0.25) is 0 Å². The Hall–Kier alpha value is -4.82. The van der Waals surface area contributed by atoms with E-state index in [1.165, 1.54) is 0 Å². The van der Waals surface area contributed by atoms with E-state index in [0.29, 0.717) is 29.4 Å². The van der Waals surface area contributed by atoms with Crippen molar-refractivity contribution in [3.63, 3.8) is 0 Å². The molecule has 6 aromatic rings.